The number of hydrogen-bond acceptors (Lipinski definition) is 3. The molecule has 1 aliphatic carbocycles. The fourth-order valence-electron chi connectivity index (χ4n) is 5.38. The number of likely N-dealkylation sites (tertiary alicyclic amines) is 1. The fraction of sp³-hybridized carbons (Fsp3) is 0.682. The largest absolute Gasteiger partial charge is 0.435 e. The average Bonchev–Trinajstić information content (AvgIpc) is 3.41. The predicted octanol–water partition coefficient (Wildman–Crippen LogP) is 5.04. The molecule has 0 N–H and O–H groups in total. The molecule has 3 nitrogen and oxygen atoms in total. The molecule has 184 valence electrons. The van der Waals surface area contributed by atoms with E-state index in [0.717, 1.165) is 17.9 Å². The Morgan fingerprint density at radius 1 is 1.09 bits per heavy atom. The minimum absolute atomic E-state index is 0.0149. The molecule has 2 unspecified atom stereocenters. The average molecular weight is 499 g/mol. The molecule has 1 aromatic carbocycles. The highest BCUT2D eigenvalue weighted by Crippen LogP contribution is 2.54. The van der Waals surface area contributed by atoms with Crippen molar-refractivity contribution in [2.45, 2.75) is 61.7 Å². The van der Waals surface area contributed by atoms with Gasteiger partial charge in [0.05, 0.1) is 6.54 Å². The number of benzene rings is 1. The van der Waals surface area contributed by atoms with E-state index in [1.807, 2.05) is 23.7 Å². The van der Waals surface area contributed by atoms with Gasteiger partial charge in [-0.05, 0) is 49.6 Å². The topological polar surface area (TPSA) is 23.6 Å². The Labute approximate surface area is 191 Å². The van der Waals surface area contributed by atoms with Crippen molar-refractivity contribution < 1.29 is 35.5 Å². The zero-order chi connectivity index (χ0) is 24.2. The van der Waals surface area contributed by atoms with Crippen molar-refractivity contribution in [1.29, 1.82) is 0 Å². The van der Waals surface area contributed by atoms with E-state index in [4.69, 9.17) is 0 Å². The van der Waals surface area contributed by atoms with Crippen molar-refractivity contribution in [3.63, 3.8) is 0 Å². The second kappa shape index (κ2) is 8.62. The molecule has 0 bridgehead atoms. The second-order valence-corrected chi connectivity index (χ2v) is 10.2. The predicted molar refractivity (Wildman–Crippen MR) is 111 cm³/mol. The van der Waals surface area contributed by atoms with Crippen LogP contribution in [0.5, 0.6) is 0 Å². The van der Waals surface area contributed by atoms with Crippen molar-refractivity contribution >= 4 is 17.7 Å². The number of carbonyl (C=O) groups excluding carboxylic acids is 1. The molecule has 1 aromatic rings. The number of hydrogen-bond donors (Lipinski definition) is 0. The summed E-state index contributed by atoms with van der Waals surface area (Å²) in [4.78, 5) is 16.8. The van der Waals surface area contributed by atoms with E-state index in [2.05, 4.69) is 0 Å². The molecule has 1 amide bonds. The number of thioether (sulfide) groups is 1. The maximum absolute atomic E-state index is 14.5. The molecule has 3 atom stereocenters. The molecule has 33 heavy (non-hydrogen) atoms. The molecule has 0 radical (unpaired) electrons. The first-order chi connectivity index (χ1) is 15.3. The molecule has 0 saturated carbocycles. The molecule has 3 aliphatic rings. The van der Waals surface area contributed by atoms with Crippen LogP contribution in [0.2, 0.25) is 0 Å². The second-order valence-electron chi connectivity index (χ2n) is 9.09. The minimum atomic E-state index is -6.13. The Morgan fingerprint density at radius 3 is 2.39 bits per heavy atom. The third-order valence-electron chi connectivity index (χ3n) is 7.21. The van der Waals surface area contributed by atoms with Crippen LogP contribution >= 0.6 is 11.8 Å². The summed E-state index contributed by atoms with van der Waals surface area (Å²) >= 11 is 1.85. The number of rotatable bonds is 4. The normalized spacial score (nSPS) is 26.0. The summed E-state index contributed by atoms with van der Waals surface area (Å²) in [5.74, 6) is 1.86. The van der Waals surface area contributed by atoms with E-state index < -0.39 is 23.6 Å². The number of halogens is 7. The molecular weight excluding hydrogens is 473 g/mol. The molecule has 2 aliphatic heterocycles. The van der Waals surface area contributed by atoms with Crippen LogP contribution in [0.4, 0.5) is 30.7 Å². The number of amides is 1. The standard InChI is InChI=1S/C22H25F7N2OS/c1-30(15-7-9-33-12-15)11-19(32)31-8-6-17-16-4-3-14(10-13(16)2-5-18(17)31)20(23,21(24,25)26)22(27,28)29/h3-4,10,15,17-18H,2,5-9,11-12H2,1H3/t15?,17-,18?/m0/s1. The molecule has 4 rings (SSSR count). The number of aryl methyl sites for hydroxylation is 1. The summed E-state index contributed by atoms with van der Waals surface area (Å²) < 4.78 is 93.4. The van der Waals surface area contributed by atoms with Gasteiger partial charge in [-0.3, -0.25) is 9.69 Å². The Morgan fingerprint density at radius 2 is 1.79 bits per heavy atom. The lowest BCUT2D eigenvalue weighted by Gasteiger charge is -2.36. The van der Waals surface area contributed by atoms with Crippen LogP contribution in [0.15, 0.2) is 18.2 Å². The SMILES string of the molecule is CN(CC(=O)N1CC[C@H]2c3ccc(C(F)(C(F)(F)F)C(F)(F)F)cc3CCC21)C1CCSC1. The zero-order valence-corrected chi connectivity index (χ0v) is 18.8. The highest BCUT2D eigenvalue weighted by atomic mass is 32.2. The molecule has 2 heterocycles. The van der Waals surface area contributed by atoms with E-state index in [-0.39, 0.29) is 30.8 Å². The Balaban J connectivity index is 1.54. The Bertz CT molecular complexity index is 884. The number of likely N-dealkylation sites (N-methyl/N-ethyl adjacent to an activating group) is 1. The van der Waals surface area contributed by atoms with Crippen molar-refractivity contribution in [3.8, 4) is 0 Å². The van der Waals surface area contributed by atoms with Crippen LogP contribution in [-0.4, -0.2) is 71.8 Å². The highest BCUT2D eigenvalue weighted by molar-refractivity contribution is 7.99. The van der Waals surface area contributed by atoms with Crippen LogP contribution in [0.25, 0.3) is 0 Å². The summed E-state index contributed by atoms with van der Waals surface area (Å²) in [5.41, 5.74) is -5.97. The van der Waals surface area contributed by atoms with Gasteiger partial charge in [0.2, 0.25) is 5.91 Å². The number of carbonyl (C=O) groups is 1. The van der Waals surface area contributed by atoms with Gasteiger partial charge in [0, 0.05) is 35.9 Å². The van der Waals surface area contributed by atoms with Crippen molar-refractivity contribution in [2.24, 2.45) is 0 Å². The van der Waals surface area contributed by atoms with Crippen LogP contribution in [-0.2, 0) is 16.9 Å². The monoisotopic (exact) mass is 498 g/mol. The Hall–Kier alpha value is -1.49. The number of nitrogens with zero attached hydrogens (tertiary/aromatic N) is 2. The van der Waals surface area contributed by atoms with Crippen LogP contribution in [0.3, 0.4) is 0 Å². The molecular formula is C22H25F7N2OS. The van der Waals surface area contributed by atoms with E-state index in [1.165, 1.54) is 6.07 Å². The Kier molecular flexibility index (Phi) is 6.44. The van der Waals surface area contributed by atoms with E-state index in [9.17, 15) is 35.5 Å². The zero-order valence-electron chi connectivity index (χ0n) is 18.0. The summed E-state index contributed by atoms with van der Waals surface area (Å²) in [6, 6.07) is 2.69. The van der Waals surface area contributed by atoms with Gasteiger partial charge in [-0.1, -0.05) is 18.2 Å². The molecule has 11 heteroatoms. The lowest BCUT2D eigenvalue weighted by Crippen LogP contribution is -2.50. The number of alkyl halides is 7. The third kappa shape index (κ3) is 4.24. The van der Waals surface area contributed by atoms with E-state index in [1.54, 1.807) is 4.90 Å². The van der Waals surface area contributed by atoms with Crippen LogP contribution < -0.4 is 0 Å². The molecule has 2 saturated heterocycles. The van der Waals surface area contributed by atoms with E-state index >= 15 is 0 Å². The maximum atomic E-state index is 14.5. The first-order valence-corrected chi connectivity index (χ1v) is 12.0. The van der Waals surface area contributed by atoms with Gasteiger partial charge in [-0.2, -0.15) is 38.1 Å². The summed E-state index contributed by atoms with van der Waals surface area (Å²) in [5, 5.41) is 0. The molecule has 2 fully saturated rings. The lowest BCUT2D eigenvalue weighted by atomic mass is 9.77. The molecule has 0 aromatic heterocycles. The first-order valence-electron chi connectivity index (χ1n) is 10.9. The third-order valence-corrected chi connectivity index (χ3v) is 8.36. The van der Waals surface area contributed by atoms with Gasteiger partial charge >= 0.3 is 18.0 Å². The number of fused-ring (bicyclic) bond motifs is 3. The highest BCUT2D eigenvalue weighted by Gasteiger charge is 2.73. The minimum Gasteiger partial charge on any atom is -0.338 e. The van der Waals surface area contributed by atoms with Gasteiger partial charge in [0.25, 0.3) is 0 Å². The molecule has 0 spiro atoms. The maximum Gasteiger partial charge on any atom is 0.435 e. The van der Waals surface area contributed by atoms with E-state index in [0.29, 0.717) is 48.7 Å². The first kappa shape index (κ1) is 24.6. The fourth-order valence-corrected chi connectivity index (χ4v) is 6.67. The summed E-state index contributed by atoms with van der Waals surface area (Å²) in [6.07, 6.45) is -10.0. The van der Waals surface area contributed by atoms with Gasteiger partial charge in [-0.25, -0.2) is 4.39 Å². The van der Waals surface area contributed by atoms with Crippen molar-refractivity contribution in [3.05, 3.63) is 34.9 Å². The van der Waals surface area contributed by atoms with Crippen molar-refractivity contribution in [1.82, 2.24) is 9.80 Å². The van der Waals surface area contributed by atoms with Crippen LogP contribution in [0.1, 0.15) is 41.9 Å². The summed E-state index contributed by atoms with van der Waals surface area (Å²) in [6.45, 7) is 0.766. The van der Waals surface area contributed by atoms with Crippen molar-refractivity contribution in [2.75, 3.05) is 31.6 Å². The van der Waals surface area contributed by atoms with Gasteiger partial charge < -0.3 is 4.90 Å². The quantitative estimate of drug-likeness (QED) is 0.544. The van der Waals surface area contributed by atoms with Crippen LogP contribution in [0, 0.1) is 0 Å². The van der Waals surface area contributed by atoms with Gasteiger partial charge in [-0.15, -0.1) is 0 Å². The lowest BCUT2D eigenvalue weighted by molar-refractivity contribution is -0.348. The summed E-state index contributed by atoms with van der Waals surface area (Å²) in [7, 11) is 1.92. The van der Waals surface area contributed by atoms with Gasteiger partial charge in [0.1, 0.15) is 0 Å². The smallest absolute Gasteiger partial charge is 0.338 e. The van der Waals surface area contributed by atoms with Gasteiger partial charge in [0.15, 0.2) is 0 Å².